The quantitative estimate of drug-likeness (QED) is 0.553. The van der Waals surface area contributed by atoms with Gasteiger partial charge in [0.25, 0.3) is 0 Å². The number of alkyl halides is 2. The second-order valence-electron chi connectivity index (χ2n) is 3.92. The van der Waals surface area contributed by atoms with Crippen LogP contribution in [0.25, 0.3) is 0 Å². The van der Waals surface area contributed by atoms with Crippen LogP contribution in [0.3, 0.4) is 0 Å². The zero-order valence-electron chi connectivity index (χ0n) is 7.24. The van der Waals surface area contributed by atoms with Crippen LogP contribution in [0.4, 0.5) is 8.78 Å². The van der Waals surface area contributed by atoms with Crippen LogP contribution < -0.4 is 0 Å². The first kappa shape index (κ1) is 8.95. The molecule has 2 unspecified atom stereocenters. The van der Waals surface area contributed by atoms with Crippen LogP contribution in [-0.4, -0.2) is 5.92 Å². The molecule has 0 aromatic rings. The third-order valence-corrected chi connectivity index (χ3v) is 2.65. The highest BCUT2D eigenvalue weighted by molar-refractivity contribution is 4.78. The van der Waals surface area contributed by atoms with Gasteiger partial charge in [-0.3, -0.25) is 0 Å². The molecule has 0 bridgehead atoms. The average molecular weight is 162 g/mol. The molecule has 0 spiro atoms. The van der Waals surface area contributed by atoms with Crippen LogP contribution in [0.15, 0.2) is 0 Å². The monoisotopic (exact) mass is 162 g/mol. The lowest BCUT2D eigenvalue weighted by atomic mass is 9.79. The van der Waals surface area contributed by atoms with E-state index in [1.54, 1.807) is 0 Å². The van der Waals surface area contributed by atoms with Gasteiger partial charge in [-0.05, 0) is 25.7 Å². The summed E-state index contributed by atoms with van der Waals surface area (Å²) in [6, 6.07) is 0. The van der Waals surface area contributed by atoms with Gasteiger partial charge in [0.2, 0.25) is 5.92 Å². The minimum absolute atomic E-state index is 0.355. The molecular weight excluding hydrogens is 146 g/mol. The van der Waals surface area contributed by atoms with Crippen LogP contribution >= 0.6 is 0 Å². The van der Waals surface area contributed by atoms with Gasteiger partial charge in [0.15, 0.2) is 0 Å². The van der Waals surface area contributed by atoms with Crippen molar-refractivity contribution in [3.8, 4) is 0 Å². The molecule has 0 amide bonds. The van der Waals surface area contributed by atoms with Gasteiger partial charge in [0.05, 0.1) is 0 Å². The Morgan fingerprint density at radius 1 is 1.27 bits per heavy atom. The lowest BCUT2D eigenvalue weighted by Gasteiger charge is -2.30. The van der Waals surface area contributed by atoms with Crippen LogP contribution in [0, 0.1) is 11.8 Å². The standard InChI is InChI=1S/C9H16F2/c1-7-4-3-5-8(6-7)9(2,10)11/h7-8H,3-6H2,1-2H3. The molecule has 0 saturated heterocycles. The molecule has 0 aliphatic heterocycles. The molecule has 2 heteroatoms. The van der Waals surface area contributed by atoms with Gasteiger partial charge >= 0.3 is 0 Å². The molecule has 0 aromatic heterocycles. The topological polar surface area (TPSA) is 0 Å². The van der Waals surface area contributed by atoms with E-state index in [2.05, 4.69) is 6.92 Å². The van der Waals surface area contributed by atoms with E-state index in [1.165, 1.54) is 0 Å². The lowest BCUT2D eigenvalue weighted by molar-refractivity contribution is -0.0596. The van der Waals surface area contributed by atoms with Crippen molar-refractivity contribution in [1.29, 1.82) is 0 Å². The summed E-state index contributed by atoms with van der Waals surface area (Å²) >= 11 is 0. The predicted octanol–water partition coefficient (Wildman–Crippen LogP) is 3.47. The van der Waals surface area contributed by atoms with Gasteiger partial charge in [-0.1, -0.05) is 19.8 Å². The molecule has 66 valence electrons. The third-order valence-electron chi connectivity index (χ3n) is 2.65. The van der Waals surface area contributed by atoms with Gasteiger partial charge in [-0.25, -0.2) is 8.78 Å². The molecule has 1 saturated carbocycles. The minimum atomic E-state index is -2.45. The maximum Gasteiger partial charge on any atom is 0.248 e. The van der Waals surface area contributed by atoms with Crippen molar-refractivity contribution < 1.29 is 8.78 Å². The zero-order valence-corrected chi connectivity index (χ0v) is 7.24. The van der Waals surface area contributed by atoms with E-state index in [4.69, 9.17) is 0 Å². The lowest BCUT2D eigenvalue weighted by Crippen LogP contribution is -2.28. The minimum Gasteiger partial charge on any atom is -0.207 e. The third kappa shape index (κ3) is 2.42. The van der Waals surface area contributed by atoms with Crippen LogP contribution in [-0.2, 0) is 0 Å². The Labute approximate surface area is 67.0 Å². The fraction of sp³-hybridized carbons (Fsp3) is 1.00. The molecule has 2 atom stereocenters. The van der Waals surface area contributed by atoms with Crippen LogP contribution in [0.2, 0.25) is 0 Å². The summed E-state index contributed by atoms with van der Waals surface area (Å²) in [5.41, 5.74) is 0. The fourth-order valence-electron chi connectivity index (χ4n) is 1.89. The highest BCUT2D eigenvalue weighted by Gasteiger charge is 2.36. The second kappa shape index (κ2) is 3.08. The number of halogens is 2. The van der Waals surface area contributed by atoms with Crippen LogP contribution in [0.5, 0.6) is 0 Å². The van der Waals surface area contributed by atoms with E-state index in [-0.39, 0.29) is 5.92 Å². The SMILES string of the molecule is CC1CCCC(C(C)(F)F)C1. The largest absolute Gasteiger partial charge is 0.248 e. The second-order valence-corrected chi connectivity index (χ2v) is 3.92. The van der Waals surface area contributed by atoms with Gasteiger partial charge in [0.1, 0.15) is 0 Å². The Bertz CT molecular complexity index is 126. The van der Waals surface area contributed by atoms with E-state index in [0.717, 1.165) is 19.8 Å². The molecule has 0 N–H and O–H groups in total. The predicted molar refractivity (Wildman–Crippen MR) is 41.7 cm³/mol. The van der Waals surface area contributed by atoms with Crippen molar-refractivity contribution in [2.45, 2.75) is 45.5 Å². The Hall–Kier alpha value is -0.140. The molecular formula is C9H16F2. The van der Waals surface area contributed by atoms with Crippen molar-refractivity contribution in [3.63, 3.8) is 0 Å². The van der Waals surface area contributed by atoms with Crippen molar-refractivity contribution >= 4 is 0 Å². The van der Waals surface area contributed by atoms with Crippen molar-refractivity contribution in [1.82, 2.24) is 0 Å². The first-order chi connectivity index (χ1) is 5.00. The maximum atomic E-state index is 12.8. The maximum absolute atomic E-state index is 12.8. The summed E-state index contributed by atoms with van der Waals surface area (Å²) in [6.07, 6.45) is 3.54. The Balaban J connectivity index is 2.46. The van der Waals surface area contributed by atoms with E-state index >= 15 is 0 Å². The van der Waals surface area contributed by atoms with E-state index in [1.807, 2.05) is 0 Å². The number of hydrogen-bond donors (Lipinski definition) is 0. The van der Waals surface area contributed by atoms with Gasteiger partial charge < -0.3 is 0 Å². The van der Waals surface area contributed by atoms with Crippen molar-refractivity contribution in [2.24, 2.45) is 11.8 Å². The molecule has 0 radical (unpaired) electrons. The molecule has 1 aliphatic rings. The molecule has 0 heterocycles. The Kier molecular flexibility index (Phi) is 2.50. The Morgan fingerprint density at radius 2 is 1.91 bits per heavy atom. The normalized spacial score (nSPS) is 33.8. The molecule has 11 heavy (non-hydrogen) atoms. The van der Waals surface area contributed by atoms with Crippen molar-refractivity contribution in [3.05, 3.63) is 0 Å². The van der Waals surface area contributed by atoms with Gasteiger partial charge in [-0.15, -0.1) is 0 Å². The highest BCUT2D eigenvalue weighted by Crippen LogP contribution is 2.38. The first-order valence-corrected chi connectivity index (χ1v) is 4.38. The molecule has 1 rings (SSSR count). The summed E-state index contributed by atoms with van der Waals surface area (Å²) in [5.74, 6) is -2.31. The smallest absolute Gasteiger partial charge is 0.207 e. The summed E-state index contributed by atoms with van der Waals surface area (Å²) in [5, 5.41) is 0. The van der Waals surface area contributed by atoms with Crippen LogP contribution in [0.1, 0.15) is 39.5 Å². The van der Waals surface area contributed by atoms with E-state index in [9.17, 15) is 8.78 Å². The molecule has 0 aromatic carbocycles. The summed E-state index contributed by atoms with van der Waals surface area (Å²) in [4.78, 5) is 0. The Morgan fingerprint density at radius 3 is 2.27 bits per heavy atom. The van der Waals surface area contributed by atoms with Crippen molar-refractivity contribution in [2.75, 3.05) is 0 Å². The number of rotatable bonds is 1. The van der Waals surface area contributed by atoms with Gasteiger partial charge in [0, 0.05) is 5.92 Å². The molecule has 0 nitrogen and oxygen atoms in total. The zero-order chi connectivity index (χ0) is 8.48. The highest BCUT2D eigenvalue weighted by atomic mass is 19.3. The summed E-state index contributed by atoms with van der Waals surface area (Å²) in [6.45, 7) is 3.12. The summed E-state index contributed by atoms with van der Waals surface area (Å²) in [7, 11) is 0. The fourth-order valence-corrected chi connectivity index (χ4v) is 1.89. The van der Waals surface area contributed by atoms with E-state index < -0.39 is 5.92 Å². The first-order valence-electron chi connectivity index (χ1n) is 4.38. The van der Waals surface area contributed by atoms with E-state index in [0.29, 0.717) is 18.8 Å². The number of hydrogen-bond acceptors (Lipinski definition) is 0. The van der Waals surface area contributed by atoms with Gasteiger partial charge in [-0.2, -0.15) is 0 Å². The summed E-state index contributed by atoms with van der Waals surface area (Å²) < 4.78 is 25.6. The average Bonchev–Trinajstić information content (AvgIpc) is 1.86. The molecule has 1 fully saturated rings. The molecule has 1 aliphatic carbocycles.